The van der Waals surface area contributed by atoms with E-state index in [1.54, 1.807) is 0 Å². The summed E-state index contributed by atoms with van der Waals surface area (Å²) in [6.45, 7) is 3.90. The van der Waals surface area contributed by atoms with Crippen molar-refractivity contribution in [2.75, 3.05) is 5.73 Å². The molecule has 17 heavy (non-hydrogen) atoms. The fraction of sp³-hybridized carbons (Fsp3) is 0.167. The van der Waals surface area contributed by atoms with E-state index in [1.807, 2.05) is 32.0 Å². The van der Waals surface area contributed by atoms with Gasteiger partial charge in [-0.1, -0.05) is 29.5 Å². The second-order valence-electron chi connectivity index (χ2n) is 3.80. The summed E-state index contributed by atoms with van der Waals surface area (Å²) < 4.78 is 0. The Labute approximate surface area is 103 Å². The van der Waals surface area contributed by atoms with Crippen molar-refractivity contribution in [3.8, 4) is 10.4 Å². The van der Waals surface area contributed by atoms with Crippen LogP contribution in [0.4, 0.5) is 5.13 Å². The maximum Gasteiger partial charge on any atom is 0.356 e. The van der Waals surface area contributed by atoms with Gasteiger partial charge in [-0.3, -0.25) is 0 Å². The number of nitrogens with zero attached hydrogens (tertiary/aromatic N) is 1. The molecular formula is C12H12N2O2S. The Kier molecular flexibility index (Phi) is 2.85. The molecule has 1 aromatic carbocycles. The minimum absolute atomic E-state index is 0.0323. The molecule has 0 fully saturated rings. The van der Waals surface area contributed by atoms with Crippen molar-refractivity contribution in [3.63, 3.8) is 0 Å². The number of thiazole rings is 1. The van der Waals surface area contributed by atoms with Crippen molar-refractivity contribution in [2.45, 2.75) is 13.8 Å². The number of hydrogen-bond donors (Lipinski definition) is 2. The number of carboxylic acids is 1. The Morgan fingerprint density at radius 3 is 2.47 bits per heavy atom. The monoisotopic (exact) mass is 248 g/mol. The fourth-order valence-electron chi connectivity index (χ4n) is 1.82. The van der Waals surface area contributed by atoms with Gasteiger partial charge >= 0.3 is 5.97 Å². The predicted octanol–water partition coefficient (Wildman–Crippen LogP) is 2.71. The first-order valence-corrected chi connectivity index (χ1v) is 5.88. The number of aromatic carboxylic acids is 1. The number of aryl methyl sites for hydroxylation is 2. The number of nitrogens with two attached hydrogens (primary N) is 1. The number of rotatable bonds is 2. The van der Waals surface area contributed by atoms with Gasteiger partial charge in [0.1, 0.15) is 0 Å². The number of benzene rings is 1. The van der Waals surface area contributed by atoms with Crippen LogP contribution in [0.1, 0.15) is 21.6 Å². The summed E-state index contributed by atoms with van der Waals surface area (Å²) in [6.07, 6.45) is 0. The molecule has 5 heteroatoms. The van der Waals surface area contributed by atoms with Gasteiger partial charge in [0.2, 0.25) is 0 Å². The van der Waals surface area contributed by atoms with Crippen LogP contribution in [0.2, 0.25) is 0 Å². The molecule has 0 spiro atoms. The van der Waals surface area contributed by atoms with E-state index in [0.717, 1.165) is 16.7 Å². The maximum absolute atomic E-state index is 11.1. The van der Waals surface area contributed by atoms with E-state index in [-0.39, 0.29) is 10.8 Å². The second-order valence-corrected chi connectivity index (χ2v) is 4.83. The molecule has 3 N–H and O–H groups in total. The van der Waals surface area contributed by atoms with Crippen LogP contribution < -0.4 is 5.73 Å². The number of carboxylic acid groups (broad SMARTS) is 1. The van der Waals surface area contributed by atoms with Gasteiger partial charge in [-0.05, 0) is 25.0 Å². The Morgan fingerprint density at radius 2 is 1.94 bits per heavy atom. The van der Waals surface area contributed by atoms with Gasteiger partial charge in [0.25, 0.3) is 0 Å². The van der Waals surface area contributed by atoms with Gasteiger partial charge in [0.05, 0.1) is 4.88 Å². The SMILES string of the molecule is Cc1cccc(C)c1-c1sc(N)nc1C(=O)O. The maximum atomic E-state index is 11.1. The van der Waals surface area contributed by atoms with Gasteiger partial charge in [0, 0.05) is 5.56 Å². The van der Waals surface area contributed by atoms with E-state index in [9.17, 15) is 4.79 Å². The zero-order chi connectivity index (χ0) is 12.6. The second kappa shape index (κ2) is 4.18. The molecule has 0 amide bonds. The van der Waals surface area contributed by atoms with Crippen molar-refractivity contribution >= 4 is 22.4 Å². The molecular weight excluding hydrogens is 236 g/mol. The third-order valence-corrected chi connectivity index (χ3v) is 3.46. The van der Waals surface area contributed by atoms with Crippen LogP contribution in [0.5, 0.6) is 0 Å². The molecule has 0 saturated heterocycles. The highest BCUT2D eigenvalue weighted by Crippen LogP contribution is 2.35. The molecule has 0 saturated carbocycles. The molecule has 2 rings (SSSR count). The highest BCUT2D eigenvalue weighted by Gasteiger charge is 2.20. The number of nitrogen functional groups attached to an aromatic ring is 1. The summed E-state index contributed by atoms with van der Waals surface area (Å²) in [4.78, 5) is 15.6. The van der Waals surface area contributed by atoms with Crippen molar-refractivity contribution in [2.24, 2.45) is 0 Å². The predicted molar refractivity (Wildman–Crippen MR) is 68.4 cm³/mol. The number of anilines is 1. The van der Waals surface area contributed by atoms with Crippen LogP contribution in [0.25, 0.3) is 10.4 Å². The van der Waals surface area contributed by atoms with Crippen LogP contribution in [0.15, 0.2) is 18.2 Å². The quantitative estimate of drug-likeness (QED) is 0.856. The molecule has 2 aromatic rings. The van der Waals surface area contributed by atoms with Crippen molar-refractivity contribution < 1.29 is 9.90 Å². The number of hydrogen-bond acceptors (Lipinski definition) is 4. The van der Waals surface area contributed by atoms with Gasteiger partial charge in [-0.15, -0.1) is 0 Å². The van der Waals surface area contributed by atoms with Crippen LogP contribution in [-0.2, 0) is 0 Å². The van der Waals surface area contributed by atoms with Crippen molar-refractivity contribution in [3.05, 3.63) is 35.0 Å². The van der Waals surface area contributed by atoms with Gasteiger partial charge in [-0.25, -0.2) is 9.78 Å². The Bertz CT molecular complexity index is 570. The van der Waals surface area contributed by atoms with E-state index in [0.29, 0.717) is 4.88 Å². The lowest BCUT2D eigenvalue weighted by atomic mass is 10.0. The van der Waals surface area contributed by atoms with Crippen molar-refractivity contribution in [1.82, 2.24) is 4.98 Å². The lowest BCUT2D eigenvalue weighted by Gasteiger charge is -2.07. The lowest BCUT2D eigenvalue weighted by Crippen LogP contribution is -2.00. The molecule has 88 valence electrons. The highest BCUT2D eigenvalue weighted by atomic mass is 32.1. The Balaban J connectivity index is 2.72. The third-order valence-electron chi connectivity index (χ3n) is 2.55. The van der Waals surface area contributed by atoms with Gasteiger partial charge in [0.15, 0.2) is 10.8 Å². The fourth-order valence-corrected chi connectivity index (χ4v) is 2.82. The third kappa shape index (κ3) is 2.01. The Hall–Kier alpha value is -1.88. The van der Waals surface area contributed by atoms with Gasteiger partial charge < -0.3 is 10.8 Å². The molecule has 0 bridgehead atoms. The molecule has 1 aromatic heterocycles. The smallest absolute Gasteiger partial charge is 0.356 e. The first-order valence-electron chi connectivity index (χ1n) is 5.07. The summed E-state index contributed by atoms with van der Waals surface area (Å²) in [7, 11) is 0. The summed E-state index contributed by atoms with van der Waals surface area (Å²) >= 11 is 1.21. The standard InChI is InChI=1S/C12H12N2O2S/c1-6-4-3-5-7(2)8(6)10-9(11(15)16)14-12(13)17-10/h3-5H,1-2H3,(H2,13,14)(H,15,16). The molecule has 0 radical (unpaired) electrons. The van der Waals surface area contributed by atoms with Crippen LogP contribution in [-0.4, -0.2) is 16.1 Å². The summed E-state index contributed by atoms with van der Waals surface area (Å²) in [5.41, 5.74) is 8.60. The first kappa shape index (κ1) is 11.6. The average Bonchev–Trinajstić information content (AvgIpc) is 2.60. The van der Waals surface area contributed by atoms with Crippen LogP contribution >= 0.6 is 11.3 Å². The zero-order valence-electron chi connectivity index (χ0n) is 9.52. The lowest BCUT2D eigenvalue weighted by molar-refractivity contribution is 0.0692. The molecule has 0 aliphatic carbocycles. The van der Waals surface area contributed by atoms with Crippen LogP contribution in [0, 0.1) is 13.8 Å². The summed E-state index contributed by atoms with van der Waals surface area (Å²) in [6, 6.07) is 5.84. The topological polar surface area (TPSA) is 76.2 Å². The highest BCUT2D eigenvalue weighted by molar-refractivity contribution is 7.19. The Morgan fingerprint density at radius 1 is 1.35 bits per heavy atom. The first-order chi connectivity index (χ1) is 8.00. The molecule has 0 aliphatic heterocycles. The van der Waals surface area contributed by atoms with Gasteiger partial charge in [-0.2, -0.15) is 0 Å². The van der Waals surface area contributed by atoms with E-state index in [2.05, 4.69) is 4.98 Å². The number of aromatic nitrogens is 1. The van der Waals surface area contributed by atoms with E-state index in [4.69, 9.17) is 10.8 Å². The minimum Gasteiger partial charge on any atom is -0.476 e. The van der Waals surface area contributed by atoms with E-state index < -0.39 is 5.97 Å². The molecule has 4 nitrogen and oxygen atoms in total. The zero-order valence-corrected chi connectivity index (χ0v) is 10.3. The van der Waals surface area contributed by atoms with E-state index in [1.165, 1.54) is 11.3 Å². The molecule has 0 atom stereocenters. The normalized spacial score (nSPS) is 10.5. The van der Waals surface area contributed by atoms with E-state index >= 15 is 0 Å². The summed E-state index contributed by atoms with van der Waals surface area (Å²) in [5.74, 6) is -1.05. The average molecular weight is 248 g/mol. The molecule has 0 aliphatic rings. The summed E-state index contributed by atoms with van der Waals surface area (Å²) in [5, 5.41) is 9.39. The molecule has 0 unspecified atom stereocenters. The minimum atomic E-state index is -1.05. The largest absolute Gasteiger partial charge is 0.476 e. The number of carbonyl (C=O) groups is 1. The van der Waals surface area contributed by atoms with Crippen LogP contribution in [0.3, 0.4) is 0 Å². The molecule has 1 heterocycles. The van der Waals surface area contributed by atoms with Crippen molar-refractivity contribution in [1.29, 1.82) is 0 Å².